The molecule has 0 aliphatic rings. The molecule has 1 rings (SSSR count). The van der Waals surface area contributed by atoms with Gasteiger partial charge in [-0.25, -0.2) is 13.8 Å². The van der Waals surface area contributed by atoms with Crippen LogP contribution in [0.1, 0.15) is 5.56 Å². The number of nitrogens with one attached hydrogen (secondary N) is 1. The number of hydrogen-bond acceptors (Lipinski definition) is 4. The number of benzene rings is 1. The van der Waals surface area contributed by atoms with Gasteiger partial charge in [-0.15, -0.1) is 0 Å². The van der Waals surface area contributed by atoms with Crippen molar-refractivity contribution in [3.63, 3.8) is 0 Å². The van der Waals surface area contributed by atoms with Gasteiger partial charge in [-0.2, -0.15) is 5.26 Å². The molecule has 0 atom stereocenters. The summed E-state index contributed by atoms with van der Waals surface area (Å²) in [5, 5.41) is 11.3. The summed E-state index contributed by atoms with van der Waals surface area (Å²) in [6.45, 7) is 1.16. The van der Waals surface area contributed by atoms with Gasteiger partial charge in [0.25, 0.3) is 6.43 Å². The quantitative estimate of drug-likeness (QED) is 0.400. The maximum Gasteiger partial charge on any atom is 0.272 e. The average Bonchev–Trinajstić information content (AvgIpc) is 2.37. The topological polar surface area (TPSA) is 57.4 Å². The van der Waals surface area contributed by atoms with Gasteiger partial charge in [0.05, 0.1) is 0 Å². The monoisotopic (exact) mass is 285 g/mol. The van der Waals surface area contributed by atoms with Crippen molar-refractivity contribution in [2.45, 2.75) is 13.3 Å². The lowest BCUT2D eigenvalue weighted by atomic mass is 10.2. The van der Waals surface area contributed by atoms with E-state index in [1.807, 2.05) is 6.92 Å². The molecule has 0 aliphatic heterocycles. The fraction of sp³-hybridized carbons (Fsp3) is 0.333. The number of amidine groups is 1. The lowest BCUT2D eigenvalue weighted by Crippen LogP contribution is -2.13. The van der Waals surface area contributed by atoms with Gasteiger partial charge in [-0.1, -0.05) is 17.8 Å². The van der Waals surface area contributed by atoms with Crippen LogP contribution in [0.5, 0.6) is 5.75 Å². The molecule has 1 aromatic carbocycles. The number of thioether (sulfide) groups is 1. The largest absolute Gasteiger partial charge is 0.485 e. The van der Waals surface area contributed by atoms with Crippen LogP contribution in [-0.2, 0) is 0 Å². The molecule has 0 spiro atoms. The number of hydrogen-bond donors (Lipinski definition) is 1. The highest BCUT2D eigenvalue weighted by atomic mass is 32.2. The van der Waals surface area contributed by atoms with Gasteiger partial charge in [0.15, 0.2) is 11.4 Å². The van der Waals surface area contributed by atoms with E-state index < -0.39 is 13.0 Å². The first-order chi connectivity index (χ1) is 9.06. The highest BCUT2D eigenvalue weighted by Gasteiger charge is 2.09. The van der Waals surface area contributed by atoms with Crippen molar-refractivity contribution in [1.82, 2.24) is 5.32 Å². The molecule has 102 valence electrons. The van der Waals surface area contributed by atoms with Gasteiger partial charge in [-0.05, 0) is 30.9 Å². The second-order valence-corrected chi connectivity index (χ2v) is 4.33. The first-order valence-corrected chi connectivity index (χ1v) is 6.58. The molecule has 0 fully saturated rings. The second-order valence-electron chi connectivity index (χ2n) is 3.53. The Labute approximate surface area is 114 Å². The van der Waals surface area contributed by atoms with Crippen molar-refractivity contribution in [2.75, 3.05) is 12.9 Å². The summed E-state index contributed by atoms with van der Waals surface area (Å²) in [4.78, 5) is 4.18. The minimum atomic E-state index is -2.55. The van der Waals surface area contributed by atoms with Crippen molar-refractivity contribution in [3.8, 4) is 11.9 Å². The van der Waals surface area contributed by atoms with Gasteiger partial charge < -0.3 is 4.74 Å². The Morgan fingerprint density at radius 1 is 1.58 bits per heavy atom. The van der Waals surface area contributed by atoms with E-state index in [9.17, 15) is 8.78 Å². The number of alkyl halides is 2. The fourth-order valence-corrected chi connectivity index (χ4v) is 1.61. The molecule has 0 saturated heterocycles. The van der Waals surface area contributed by atoms with Crippen LogP contribution in [0.15, 0.2) is 23.2 Å². The van der Waals surface area contributed by atoms with E-state index in [4.69, 9.17) is 10.00 Å². The molecule has 4 nitrogen and oxygen atoms in total. The molecule has 0 amide bonds. The molecule has 0 heterocycles. The van der Waals surface area contributed by atoms with Gasteiger partial charge in [0.2, 0.25) is 0 Å². The Kier molecular flexibility index (Phi) is 6.09. The maximum absolute atomic E-state index is 12.2. The third-order valence-corrected chi connectivity index (χ3v) is 2.64. The van der Waals surface area contributed by atoms with Crippen LogP contribution in [0.25, 0.3) is 0 Å². The van der Waals surface area contributed by atoms with E-state index in [1.165, 1.54) is 11.8 Å². The summed E-state index contributed by atoms with van der Waals surface area (Å²) < 4.78 is 29.3. The molecular weight excluding hydrogens is 272 g/mol. The summed E-state index contributed by atoms with van der Waals surface area (Å²) in [6, 6.07) is 5.03. The highest BCUT2D eigenvalue weighted by Crippen LogP contribution is 2.29. The van der Waals surface area contributed by atoms with Crippen molar-refractivity contribution < 1.29 is 13.5 Å². The number of rotatable bonds is 4. The number of nitrogens with zero attached hydrogens (tertiary/aromatic N) is 2. The summed E-state index contributed by atoms with van der Waals surface area (Å²) in [7, 11) is 0. The van der Waals surface area contributed by atoms with Gasteiger partial charge in [-0.3, -0.25) is 5.32 Å². The normalized spacial score (nSPS) is 11.3. The summed E-state index contributed by atoms with van der Waals surface area (Å²) in [6.07, 6.45) is 0.964. The lowest BCUT2D eigenvalue weighted by Gasteiger charge is -2.10. The standard InChI is InChI=1S/C12H13F2N3OS/c1-8-3-4-10(18-6-11(13)14)9(5-8)17-12(19-2)16-7-15/h3-5,11H,6H2,1-2H3,(H,16,17). The third kappa shape index (κ3) is 5.14. The minimum Gasteiger partial charge on any atom is -0.485 e. The lowest BCUT2D eigenvalue weighted by molar-refractivity contribution is 0.0822. The Bertz CT molecular complexity index is 500. The Hall–Kier alpha value is -1.81. The van der Waals surface area contributed by atoms with Crippen molar-refractivity contribution in [2.24, 2.45) is 4.99 Å². The number of halogens is 2. The first-order valence-electron chi connectivity index (χ1n) is 5.36. The summed E-state index contributed by atoms with van der Waals surface area (Å²) in [5.74, 6) is 0.261. The molecule has 0 saturated carbocycles. The van der Waals surface area contributed by atoms with Crippen molar-refractivity contribution in [1.29, 1.82) is 5.26 Å². The van der Waals surface area contributed by atoms with E-state index in [2.05, 4.69) is 10.3 Å². The predicted molar refractivity (Wildman–Crippen MR) is 72.0 cm³/mol. The van der Waals surface area contributed by atoms with Crippen LogP contribution >= 0.6 is 11.8 Å². The molecule has 1 aromatic rings. The second kappa shape index (κ2) is 7.59. The molecule has 0 aliphatic carbocycles. The number of aryl methyl sites for hydroxylation is 1. The van der Waals surface area contributed by atoms with Crippen LogP contribution in [0, 0.1) is 18.4 Å². The van der Waals surface area contributed by atoms with Gasteiger partial charge in [0, 0.05) is 0 Å². The Morgan fingerprint density at radius 2 is 2.32 bits per heavy atom. The van der Waals surface area contributed by atoms with Crippen LogP contribution < -0.4 is 10.1 Å². The third-order valence-electron chi connectivity index (χ3n) is 2.06. The van der Waals surface area contributed by atoms with Crippen LogP contribution in [0.3, 0.4) is 0 Å². The fourth-order valence-electron chi connectivity index (χ4n) is 1.27. The number of ether oxygens (including phenoxy) is 1. The molecule has 0 aromatic heterocycles. The molecule has 0 unspecified atom stereocenters. The minimum absolute atomic E-state index is 0.261. The van der Waals surface area contributed by atoms with E-state index in [-0.39, 0.29) is 5.75 Å². The molecule has 7 heteroatoms. The van der Waals surface area contributed by atoms with Crippen LogP contribution in [-0.4, -0.2) is 24.5 Å². The molecular formula is C12H13F2N3OS. The number of aliphatic imine (C=N–C) groups is 1. The Balaban J connectivity index is 3.03. The SMILES string of the molecule is CSC(=Nc1cc(C)ccc1OCC(F)F)NC#N. The van der Waals surface area contributed by atoms with Crippen LogP contribution in [0.4, 0.5) is 14.5 Å². The highest BCUT2D eigenvalue weighted by molar-refractivity contribution is 8.13. The summed E-state index contributed by atoms with van der Waals surface area (Å²) >= 11 is 1.24. The zero-order valence-electron chi connectivity index (χ0n) is 10.5. The van der Waals surface area contributed by atoms with Gasteiger partial charge in [0.1, 0.15) is 18.0 Å². The van der Waals surface area contributed by atoms with E-state index in [1.54, 1.807) is 30.6 Å². The molecule has 19 heavy (non-hydrogen) atoms. The zero-order chi connectivity index (χ0) is 14.3. The van der Waals surface area contributed by atoms with E-state index in [0.717, 1.165) is 5.56 Å². The van der Waals surface area contributed by atoms with Crippen molar-refractivity contribution >= 4 is 22.6 Å². The first kappa shape index (κ1) is 15.2. The van der Waals surface area contributed by atoms with Gasteiger partial charge >= 0.3 is 0 Å². The summed E-state index contributed by atoms with van der Waals surface area (Å²) in [5.41, 5.74) is 1.33. The van der Waals surface area contributed by atoms with E-state index in [0.29, 0.717) is 10.9 Å². The Morgan fingerprint density at radius 3 is 2.89 bits per heavy atom. The average molecular weight is 285 g/mol. The smallest absolute Gasteiger partial charge is 0.272 e. The molecule has 1 N–H and O–H groups in total. The van der Waals surface area contributed by atoms with E-state index >= 15 is 0 Å². The zero-order valence-corrected chi connectivity index (χ0v) is 11.3. The maximum atomic E-state index is 12.2. The number of nitriles is 1. The van der Waals surface area contributed by atoms with Crippen molar-refractivity contribution in [3.05, 3.63) is 23.8 Å². The molecule has 0 radical (unpaired) electrons. The molecule has 0 bridgehead atoms. The van der Waals surface area contributed by atoms with Crippen LogP contribution in [0.2, 0.25) is 0 Å². The predicted octanol–water partition coefficient (Wildman–Crippen LogP) is 3.06.